The molecule has 0 unspecified atom stereocenters. The van der Waals surface area contributed by atoms with Crippen molar-refractivity contribution < 1.29 is 23.5 Å². The molecule has 0 heterocycles. The van der Waals surface area contributed by atoms with Crippen molar-refractivity contribution in [2.24, 2.45) is 0 Å². The number of nitrogens with zero attached hydrogens (tertiary/aromatic N) is 1. The van der Waals surface area contributed by atoms with Crippen LogP contribution in [0.25, 0.3) is 0 Å². The highest BCUT2D eigenvalue weighted by molar-refractivity contribution is 5.96. The second-order valence-corrected chi connectivity index (χ2v) is 4.32. The molecule has 6 heteroatoms. The SMILES string of the molecule is CC(C)N(CC(F)F)C(=O)c1ccc(C(=O)O)cc1. The Kier molecular flexibility index (Phi) is 4.97. The molecule has 0 aliphatic rings. The van der Waals surface area contributed by atoms with E-state index in [0.717, 1.165) is 4.90 Å². The zero-order valence-corrected chi connectivity index (χ0v) is 10.6. The van der Waals surface area contributed by atoms with E-state index in [-0.39, 0.29) is 17.2 Å². The Morgan fingerprint density at radius 2 is 1.63 bits per heavy atom. The number of hydrogen-bond acceptors (Lipinski definition) is 2. The smallest absolute Gasteiger partial charge is 0.335 e. The van der Waals surface area contributed by atoms with Gasteiger partial charge in [0, 0.05) is 11.6 Å². The number of halogens is 2. The molecule has 0 saturated carbocycles. The van der Waals surface area contributed by atoms with Crippen LogP contribution in [-0.4, -0.2) is 40.9 Å². The maximum Gasteiger partial charge on any atom is 0.335 e. The fourth-order valence-electron chi connectivity index (χ4n) is 1.60. The van der Waals surface area contributed by atoms with Crippen molar-refractivity contribution in [2.45, 2.75) is 26.3 Å². The highest BCUT2D eigenvalue weighted by atomic mass is 19.3. The third kappa shape index (κ3) is 4.01. The average molecular weight is 271 g/mol. The molecular weight excluding hydrogens is 256 g/mol. The molecule has 1 rings (SSSR count). The Morgan fingerprint density at radius 3 is 2.00 bits per heavy atom. The van der Waals surface area contributed by atoms with Gasteiger partial charge in [0.2, 0.25) is 0 Å². The third-order valence-corrected chi connectivity index (χ3v) is 2.60. The van der Waals surface area contributed by atoms with E-state index in [1.165, 1.54) is 24.3 Å². The van der Waals surface area contributed by atoms with Gasteiger partial charge >= 0.3 is 5.97 Å². The molecule has 4 nitrogen and oxygen atoms in total. The van der Waals surface area contributed by atoms with Gasteiger partial charge in [-0.2, -0.15) is 0 Å². The van der Waals surface area contributed by atoms with Crippen molar-refractivity contribution in [2.75, 3.05) is 6.54 Å². The van der Waals surface area contributed by atoms with Crippen LogP contribution in [0.5, 0.6) is 0 Å². The Balaban J connectivity index is 2.93. The number of carbonyl (C=O) groups excluding carboxylic acids is 1. The summed E-state index contributed by atoms with van der Waals surface area (Å²) in [4.78, 5) is 23.8. The second kappa shape index (κ2) is 6.26. The second-order valence-electron chi connectivity index (χ2n) is 4.32. The zero-order valence-electron chi connectivity index (χ0n) is 10.6. The summed E-state index contributed by atoms with van der Waals surface area (Å²) >= 11 is 0. The lowest BCUT2D eigenvalue weighted by Crippen LogP contribution is -2.40. The van der Waals surface area contributed by atoms with Gasteiger partial charge in [0.05, 0.1) is 12.1 Å². The molecule has 0 aromatic heterocycles. The molecule has 0 aliphatic heterocycles. The number of hydrogen-bond donors (Lipinski definition) is 1. The summed E-state index contributed by atoms with van der Waals surface area (Å²) in [5.41, 5.74) is 0.237. The summed E-state index contributed by atoms with van der Waals surface area (Å²) < 4.78 is 24.8. The van der Waals surface area contributed by atoms with Gasteiger partial charge in [-0.3, -0.25) is 4.79 Å². The highest BCUT2D eigenvalue weighted by Crippen LogP contribution is 2.12. The molecule has 1 aromatic rings. The number of carboxylic acid groups (broad SMARTS) is 1. The Labute approximate surface area is 109 Å². The van der Waals surface area contributed by atoms with E-state index >= 15 is 0 Å². The molecule has 0 saturated heterocycles. The van der Waals surface area contributed by atoms with Gasteiger partial charge in [-0.25, -0.2) is 13.6 Å². The largest absolute Gasteiger partial charge is 0.478 e. The molecule has 0 aliphatic carbocycles. The minimum absolute atomic E-state index is 0.0431. The van der Waals surface area contributed by atoms with Crippen LogP contribution in [0.2, 0.25) is 0 Å². The molecule has 19 heavy (non-hydrogen) atoms. The number of benzene rings is 1. The van der Waals surface area contributed by atoms with E-state index in [9.17, 15) is 18.4 Å². The molecule has 0 radical (unpaired) electrons. The van der Waals surface area contributed by atoms with Gasteiger partial charge in [0.25, 0.3) is 12.3 Å². The number of alkyl halides is 2. The van der Waals surface area contributed by atoms with Gasteiger partial charge in [0.1, 0.15) is 0 Å². The van der Waals surface area contributed by atoms with Crippen LogP contribution in [0, 0.1) is 0 Å². The summed E-state index contributed by atoms with van der Waals surface area (Å²) in [6.07, 6.45) is -2.61. The summed E-state index contributed by atoms with van der Waals surface area (Å²) in [6.45, 7) is 2.65. The number of rotatable bonds is 5. The quantitative estimate of drug-likeness (QED) is 0.895. The summed E-state index contributed by atoms with van der Waals surface area (Å²) in [6, 6.07) is 4.84. The Hall–Kier alpha value is -1.98. The molecule has 1 amide bonds. The van der Waals surface area contributed by atoms with Crippen molar-refractivity contribution in [3.05, 3.63) is 35.4 Å². The minimum Gasteiger partial charge on any atom is -0.478 e. The molecule has 1 aromatic carbocycles. The summed E-state index contributed by atoms with van der Waals surface area (Å²) in [7, 11) is 0. The third-order valence-electron chi connectivity index (χ3n) is 2.60. The molecule has 0 atom stereocenters. The molecule has 0 fully saturated rings. The first-order valence-corrected chi connectivity index (χ1v) is 5.75. The molecular formula is C13H15F2NO3. The van der Waals surface area contributed by atoms with E-state index in [2.05, 4.69) is 0 Å². The molecule has 0 spiro atoms. The van der Waals surface area contributed by atoms with Crippen LogP contribution in [0.4, 0.5) is 8.78 Å². The average Bonchev–Trinajstić information content (AvgIpc) is 2.34. The van der Waals surface area contributed by atoms with Gasteiger partial charge in [-0.05, 0) is 38.1 Å². The highest BCUT2D eigenvalue weighted by Gasteiger charge is 2.22. The van der Waals surface area contributed by atoms with Gasteiger partial charge in [-0.1, -0.05) is 0 Å². The van der Waals surface area contributed by atoms with Crippen molar-refractivity contribution in [1.29, 1.82) is 0 Å². The zero-order chi connectivity index (χ0) is 14.6. The van der Waals surface area contributed by atoms with Crippen molar-refractivity contribution in [1.82, 2.24) is 4.90 Å². The molecule has 104 valence electrons. The molecule has 1 N–H and O–H groups in total. The first-order valence-electron chi connectivity index (χ1n) is 5.75. The summed E-state index contributed by atoms with van der Waals surface area (Å²) in [5.74, 6) is -1.64. The minimum atomic E-state index is -2.61. The van der Waals surface area contributed by atoms with E-state index in [0.29, 0.717) is 0 Å². The maximum absolute atomic E-state index is 12.4. The van der Waals surface area contributed by atoms with Crippen LogP contribution < -0.4 is 0 Å². The Morgan fingerprint density at radius 1 is 1.16 bits per heavy atom. The fourth-order valence-corrected chi connectivity index (χ4v) is 1.60. The van der Waals surface area contributed by atoms with Crippen molar-refractivity contribution >= 4 is 11.9 Å². The monoisotopic (exact) mass is 271 g/mol. The lowest BCUT2D eigenvalue weighted by atomic mass is 10.1. The number of carbonyl (C=O) groups is 2. The first-order chi connectivity index (χ1) is 8.82. The van der Waals surface area contributed by atoms with Crippen molar-refractivity contribution in [3.63, 3.8) is 0 Å². The van der Waals surface area contributed by atoms with Crippen LogP contribution in [-0.2, 0) is 0 Å². The standard InChI is InChI=1S/C13H15F2NO3/c1-8(2)16(7-11(14)15)12(17)9-3-5-10(6-4-9)13(18)19/h3-6,8,11H,7H2,1-2H3,(H,18,19). The van der Waals surface area contributed by atoms with Gasteiger partial charge < -0.3 is 10.0 Å². The Bertz CT molecular complexity index is 457. The van der Waals surface area contributed by atoms with Crippen molar-refractivity contribution in [3.8, 4) is 0 Å². The lowest BCUT2D eigenvalue weighted by Gasteiger charge is -2.26. The lowest BCUT2D eigenvalue weighted by molar-refractivity contribution is 0.0476. The molecule has 0 bridgehead atoms. The van der Waals surface area contributed by atoms with E-state index in [4.69, 9.17) is 5.11 Å². The van der Waals surface area contributed by atoms with E-state index < -0.39 is 24.8 Å². The predicted octanol–water partition coefficient (Wildman–Crippen LogP) is 2.50. The summed E-state index contributed by atoms with van der Waals surface area (Å²) in [5, 5.41) is 8.74. The maximum atomic E-state index is 12.4. The van der Waals surface area contributed by atoms with Crippen LogP contribution >= 0.6 is 0 Å². The normalized spacial score (nSPS) is 10.8. The predicted molar refractivity (Wildman–Crippen MR) is 65.6 cm³/mol. The van der Waals surface area contributed by atoms with Crippen LogP contribution in [0.3, 0.4) is 0 Å². The first kappa shape index (κ1) is 15.1. The number of amides is 1. The van der Waals surface area contributed by atoms with E-state index in [1.54, 1.807) is 13.8 Å². The van der Waals surface area contributed by atoms with E-state index in [1.807, 2.05) is 0 Å². The topological polar surface area (TPSA) is 57.6 Å². The fraction of sp³-hybridized carbons (Fsp3) is 0.385. The van der Waals surface area contributed by atoms with Gasteiger partial charge in [0.15, 0.2) is 0 Å². The van der Waals surface area contributed by atoms with Crippen LogP contribution in [0.15, 0.2) is 24.3 Å². The van der Waals surface area contributed by atoms with Gasteiger partial charge in [-0.15, -0.1) is 0 Å². The number of aromatic carboxylic acids is 1. The number of carboxylic acids is 1. The van der Waals surface area contributed by atoms with Crippen LogP contribution in [0.1, 0.15) is 34.6 Å².